The summed E-state index contributed by atoms with van der Waals surface area (Å²) in [5.41, 5.74) is 6.06. The summed E-state index contributed by atoms with van der Waals surface area (Å²) in [4.78, 5) is 4.06. The standard InChI is InChI=1S/C11H9Br2N3O2S/c12-7-1-4-11(15-6-7)16-19(17,18)10-3-2-8(14)5-9(10)13/h1-6H,14H2,(H,15,16). The van der Waals surface area contributed by atoms with Crippen molar-refractivity contribution in [2.45, 2.75) is 4.90 Å². The molecule has 0 aliphatic carbocycles. The van der Waals surface area contributed by atoms with Gasteiger partial charge < -0.3 is 5.73 Å². The van der Waals surface area contributed by atoms with Crippen LogP contribution in [-0.2, 0) is 10.0 Å². The van der Waals surface area contributed by atoms with E-state index in [0.717, 1.165) is 4.47 Å². The molecule has 0 spiro atoms. The summed E-state index contributed by atoms with van der Waals surface area (Å²) in [6.45, 7) is 0. The topological polar surface area (TPSA) is 85.1 Å². The molecule has 1 aromatic heterocycles. The maximum atomic E-state index is 12.2. The number of nitrogens with two attached hydrogens (primary N) is 1. The number of rotatable bonds is 3. The first-order valence-corrected chi connectivity index (χ1v) is 8.15. The van der Waals surface area contributed by atoms with Crippen LogP contribution in [0.25, 0.3) is 0 Å². The molecule has 19 heavy (non-hydrogen) atoms. The van der Waals surface area contributed by atoms with Crippen molar-refractivity contribution < 1.29 is 8.42 Å². The summed E-state index contributed by atoms with van der Waals surface area (Å²) in [6.07, 6.45) is 1.51. The van der Waals surface area contributed by atoms with Crippen LogP contribution in [0.2, 0.25) is 0 Å². The van der Waals surface area contributed by atoms with Crippen molar-refractivity contribution in [1.82, 2.24) is 4.98 Å². The Labute approximate surface area is 127 Å². The molecule has 0 radical (unpaired) electrons. The van der Waals surface area contributed by atoms with Gasteiger partial charge in [0.05, 0.1) is 0 Å². The first kappa shape index (κ1) is 14.3. The Balaban J connectivity index is 2.35. The number of hydrogen-bond acceptors (Lipinski definition) is 4. The molecule has 8 heteroatoms. The van der Waals surface area contributed by atoms with Crippen LogP contribution in [0.1, 0.15) is 0 Å². The zero-order chi connectivity index (χ0) is 14.0. The summed E-state index contributed by atoms with van der Waals surface area (Å²) in [7, 11) is -3.70. The summed E-state index contributed by atoms with van der Waals surface area (Å²) in [6, 6.07) is 7.74. The van der Waals surface area contributed by atoms with Crippen LogP contribution in [-0.4, -0.2) is 13.4 Å². The number of benzene rings is 1. The Morgan fingerprint density at radius 1 is 1.16 bits per heavy atom. The van der Waals surface area contributed by atoms with Gasteiger partial charge in [-0.3, -0.25) is 4.72 Å². The third-order valence-electron chi connectivity index (χ3n) is 2.21. The number of anilines is 2. The van der Waals surface area contributed by atoms with Gasteiger partial charge in [0, 0.05) is 20.8 Å². The first-order valence-electron chi connectivity index (χ1n) is 5.08. The van der Waals surface area contributed by atoms with Crippen molar-refractivity contribution in [2.24, 2.45) is 0 Å². The van der Waals surface area contributed by atoms with Gasteiger partial charge >= 0.3 is 0 Å². The molecule has 1 heterocycles. The van der Waals surface area contributed by atoms with E-state index in [9.17, 15) is 8.42 Å². The van der Waals surface area contributed by atoms with E-state index in [4.69, 9.17) is 5.73 Å². The highest BCUT2D eigenvalue weighted by Crippen LogP contribution is 2.25. The number of pyridine rings is 1. The molecule has 0 saturated carbocycles. The average Bonchev–Trinajstić information content (AvgIpc) is 2.31. The van der Waals surface area contributed by atoms with Gasteiger partial charge in [0.15, 0.2) is 0 Å². The zero-order valence-corrected chi connectivity index (χ0v) is 13.5. The summed E-state index contributed by atoms with van der Waals surface area (Å²) < 4.78 is 27.9. The quantitative estimate of drug-likeness (QED) is 0.767. The van der Waals surface area contributed by atoms with E-state index in [0.29, 0.717) is 10.2 Å². The lowest BCUT2D eigenvalue weighted by molar-refractivity contribution is 0.600. The molecule has 0 unspecified atom stereocenters. The molecule has 0 fully saturated rings. The van der Waals surface area contributed by atoms with Crippen LogP contribution in [0.4, 0.5) is 11.5 Å². The van der Waals surface area contributed by atoms with Crippen LogP contribution in [0.3, 0.4) is 0 Å². The van der Waals surface area contributed by atoms with E-state index in [1.807, 2.05) is 0 Å². The molecule has 0 aliphatic heterocycles. The number of hydrogen-bond donors (Lipinski definition) is 2. The first-order chi connectivity index (χ1) is 8.88. The second-order valence-corrected chi connectivity index (χ2v) is 7.08. The fraction of sp³-hybridized carbons (Fsp3) is 0. The molecule has 2 aromatic rings. The molecule has 0 bridgehead atoms. The third-order valence-corrected chi connectivity index (χ3v) is 5.01. The maximum absolute atomic E-state index is 12.2. The van der Waals surface area contributed by atoms with Crippen LogP contribution >= 0.6 is 31.9 Å². The highest BCUT2D eigenvalue weighted by atomic mass is 79.9. The van der Waals surface area contributed by atoms with Gasteiger partial charge in [-0.15, -0.1) is 0 Å². The molecule has 3 N–H and O–H groups in total. The van der Waals surface area contributed by atoms with E-state index in [2.05, 4.69) is 41.6 Å². The predicted octanol–water partition coefficient (Wildman–Crippen LogP) is 2.99. The van der Waals surface area contributed by atoms with E-state index in [1.54, 1.807) is 12.1 Å². The Morgan fingerprint density at radius 2 is 1.89 bits per heavy atom. The second kappa shape index (κ2) is 5.48. The van der Waals surface area contributed by atoms with Crippen molar-refractivity contribution in [1.29, 1.82) is 0 Å². The Kier molecular flexibility index (Phi) is 4.12. The molecule has 0 saturated heterocycles. The fourth-order valence-corrected chi connectivity index (χ4v) is 3.70. The molecule has 0 amide bonds. The average molecular weight is 407 g/mol. The Hall–Kier alpha value is -1.12. The van der Waals surface area contributed by atoms with Crippen molar-refractivity contribution in [3.8, 4) is 0 Å². The number of nitrogens with one attached hydrogen (secondary N) is 1. The minimum atomic E-state index is -3.70. The molecular weight excluding hydrogens is 398 g/mol. The van der Waals surface area contributed by atoms with E-state index in [1.165, 1.54) is 24.4 Å². The third kappa shape index (κ3) is 3.46. The van der Waals surface area contributed by atoms with Crippen molar-refractivity contribution in [3.63, 3.8) is 0 Å². The summed E-state index contributed by atoms with van der Waals surface area (Å²) in [5, 5.41) is 0. The minimum Gasteiger partial charge on any atom is -0.399 e. The van der Waals surface area contributed by atoms with Crippen molar-refractivity contribution in [3.05, 3.63) is 45.5 Å². The largest absolute Gasteiger partial charge is 0.399 e. The van der Waals surface area contributed by atoms with Crippen molar-refractivity contribution >= 4 is 53.4 Å². The Bertz CT molecular complexity index is 702. The summed E-state index contributed by atoms with van der Waals surface area (Å²) in [5.74, 6) is 0.243. The van der Waals surface area contributed by atoms with Crippen LogP contribution < -0.4 is 10.5 Å². The van der Waals surface area contributed by atoms with Gasteiger partial charge in [-0.05, 0) is 62.2 Å². The summed E-state index contributed by atoms with van der Waals surface area (Å²) >= 11 is 6.41. The maximum Gasteiger partial charge on any atom is 0.264 e. The van der Waals surface area contributed by atoms with Gasteiger partial charge in [-0.25, -0.2) is 13.4 Å². The molecular formula is C11H9Br2N3O2S. The highest BCUT2D eigenvalue weighted by molar-refractivity contribution is 9.10. The number of aromatic nitrogens is 1. The van der Waals surface area contributed by atoms with Crippen LogP contribution in [0.15, 0.2) is 50.4 Å². The molecule has 5 nitrogen and oxygen atoms in total. The molecule has 2 rings (SSSR count). The second-order valence-electron chi connectivity index (χ2n) is 3.66. The smallest absolute Gasteiger partial charge is 0.264 e. The van der Waals surface area contributed by atoms with E-state index in [-0.39, 0.29) is 10.7 Å². The van der Waals surface area contributed by atoms with E-state index < -0.39 is 10.0 Å². The lowest BCUT2D eigenvalue weighted by Gasteiger charge is -2.09. The zero-order valence-electron chi connectivity index (χ0n) is 9.47. The molecule has 100 valence electrons. The van der Waals surface area contributed by atoms with Gasteiger partial charge in [0.2, 0.25) is 0 Å². The minimum absolute atomic E-state index is 0.103. The van der Waals surface area contributed by atoms with Crippen LogP contribution in [0.5, 0.6) is 0 Å². The fourth-order valence-electron chi connectivity index (χ4n) is 1.36. The van der Waals surface area contributed by atoms with E-state index >= 15 is 0 Å². The van der Waals surface area contributed by atoms with Gasteiger partial charge in [-0.1, -0.05) is 0 Å². The molecule has 1 aromatic carbocycles. The number of nitrogens with zero attached hydrogens (tertiary/aromatic N) is 1. The Morgan fingerprint density at radius 3 is 2.47 bits per heavy atom. The normalized spacial score (nSPS) is 11.3. The predicted molar refractivity (Wildman–Crippen MR) is 81.3 cm³/mol. The van der Waals surface area contributed by atoms with Gasteiger partial charge in [-0.2, -0.15) is 0 Å². The molecule has 0 atom stereocenters. The monoisotopic (exact) mass is 405 g/mol. The lowest BCUT2D eigenvalue weighted by atomic mass is 10.3. The lowest BCUT2D eigenvalue weighted by Crippen LogP contribution is -2.14. The van der Waals surface area contributed by atoms with Crippen LogP contribution in [0, 0.1) is 0 Å². The van der Waals surface area contributed by atoms with Gasteiger partial charge in [0.1, 0.15) is 10.7 Å². The number of sulfonamides is 1. The number of halogens is 2. The molecule has 0 aliphatic rings. The van der Waals surface area contributed by atoms with Crippen molar-refractivity contribution in [2.75, 3.05) is 10.5 Å². The number of nitrogen functional groups attached to an aromatic ring is 1. The van der Waals surface area contributed by atoms with Gasteiger partial charge in [0.25, 0.3) is 10.0 Å². The SMILES string of the molecule is Nc1ccc(S(=O)(=O)Nc2ccc(Br)cn2)c(Br)c1. The highest BCUT2D eigenvalue weighted by Gasteiger charge is 2.18.